The van der Waals surface area contributed by atoms with Crippen molar-refractivity contribution in [3.05, 3.63) is 24.0 Å². The maximum Gasteiger partial charge on any atom is 0.154 e. The molecule has 4 nitrogen and oxygen atoms in total. The largest absolute Gasteiger partial charge is 0.459 e. The van der Waals surface area contributed by atoms with Crippen LogP contribution in [-0.2, 0) is 13.5 Å². The minimum absolute atomic E-state index is 0.634. The molecule has 0 saturated carbocycles. The predicted octanol–water partition coefficient (Wildman–Crippen LogP) is 1.82. The Balaban J connectivity index is 2.39. The summed E-state index contributed by atoms with van der Waals surface area (Å²) in [6.07, 6.45) is 0.891. The number of nitrogens with two attached hydrogens (primary N) is 1. The van der Waals surface area contributed by atoms with Crippen molar-refractivity contribution in [2.45, 2.75) is 13.3 Å². The van der Waals surface area contributed by atoms with Crippen LogP contribution < -0.4 is 5.73 Å². The van der Waals surface area contributed by atoms with E-state index >= 15 is 0 Å². The maximum atomic E-state index is 5.68. The third-order valence-corrected chi connectivity index (χ3v) is 2.18. The number of anilines is 1. The van der Waals surface area contributed by atoms with Gasteiger partial charge in [-0.25, -0.2) is 0 Å². The Morgan fingerprint density at radius 2 is 2.29 bits per heavy atom. The molecule has 2 rings (SSSR count). The van der Waals surface area contributed by atoms with E-state index in [9.17, 15) is 0 Å². The first-order valence-electron chi connectivity index (χ1n) is 4.59. The van der Waals surface area contributed by atoms with E-state index in [4.69, 9.17) is 10.2 Å². The molecule has 0 aliphatic rings. The lowest BCUT2D eigenvalue weighted by Crippen LogP contribution is -1.96. The Labute approximate surface area is 82.3 Å². The van der Waals surface area contributed by atoms with E-state index in [1.54, 1.807) is 10.7 Å². The normalized spacial score (nSPS) is 10.7. The van der Waals surface area contributed by atoms with Gasteiger partial charge in [0.2, 0.25) is 0 Å². The van der Waals surface area contributed by atoms with E-state index in [1.165, 1.54) is 0 Å². The molecule has 0 unspecified atom stereocenters. The zero-order valence-corrected chi connectivity index (χ0v) is 8.32. The van der Waals surface area contributed by atoms with E-state index < -0.39 is 0 Å². The number of hydrogen-bond acceptors (Lipinski definition) is 3. The number of hydrogen-bond donors (Lipinski definition) is 1. The molecule has 2 aromatic rings. The molecule has 4 heteroatoms. The van der Waals surface area contributed by atoms with Gasteiger partial charge in [-0.1, -0.05) is 6.92 Å². The van der Waals surface area contributed by atoms with Gasteiger partial charge in [-0.3, -0.25) is 4.68 Å². The fraction of sp³-hybridized carbons (Fsp3) is 0.300. The predicted molar refractivity (Wildman–Crippen MR) is 54.7 cm³/mol. The molecular weight excluding hydrogens is 178 g/mol. The highest BCUT2D eigenvalue weighted by atomic mass is 16.3. The van der Waals surface area contributed by atoms with E-state index in [2.05, 4.69) is 12.0 Å². The van der Waals surface area contributed by atoms with Crippen LogP contribution in [0.1, 0.15) is 12.7 Å². The summed E-state index contributed by atoms with van der Waals surface area (Å²) in [5.74, 6) is 2.37. The van der Waals surface area contributed by atoms with Crippen molar-refractivity contribution >= 4 is 5.82 Å². The molecule has 0 spiro atoms. The third-order valence-electron chi connectivity index (χ3n) is 2.18. The van der Waals surface area contributed by atoms with Gasteiger partial charge in [-0.15, -0.1) is 0 Å². The fourth-order valence-electron chi connectivity index (χ4n) is 1.31. The van der Waals surface area contributed by atoms with Crippen molar-refractivity contribution in [1.29, 1.82) is 0 Å². The molecule has 2 N–H and O–H groups in total. The Kier molecular flexibility index (Phi) is 2.04. The summed E-state index contributed by atoms with van der Waals surface area (Å²) >= 11 is 0. The lowest BCUT2D eigenvalue weighted by atomic mass is 10.3. The summed E-state index contributed by atoms with van der Waals surface area (Å²) in [6.45, 7) is 2.05. The van der Waals surface area contributed by atoms with Gasteiger partial charge in [0.25, 0.3) is 0 Å². The molecular formula is C10H13N3O. The fourth-order valence-corrected chi connectivity index (χ4v) is 1.31. The summed E-state index contributed by atoms with van der Waals surface area (Å²) in [5, 5.41) is 4.23. The van der Waals surface area contributed by atoms with E-state index in [0.717, 1.165) is 23.6 Å². The molecule has 0 fully saturated rings. The van der Waals surface area contributed by atoms with Gasteiger partial charge in [-0.05, 0) is 12.1 Å². The minimum atomic E-state index is 0.634. The van der Waals surface area contributed by atoms with E-state index in [1.807, 2.05) is 19.2 Å². The Morgan fingerprint density at radius 3 is 2.79 bits per heavy atom. The average molecular weight is 191 g/mol. The maximum absolute atomic E-state index is 5.68. The molecule has 14 heavy (non-hydrogen) atoms. The van der Waals surface area contributed by atoms with E-state index in [0.29, 0.717) is 5.82 Å². The van der Waals surface area contributed by atoms with Crippen LogP contribution in [0.25, 0.3) is 11.5 Å². The summed E-state index contributed by atoms with van der Waals surface area (Å²) in [6, 6.07) is 5.68. The first-order valence-corrected chi connectivity index (χ1v) is 4.59. The molecule has 0 atom stereocenters. The zero-order valence-electron chi connectivity index (χ0n) is 8.32. The van der Waals surface area contributed by atoms with Crippen LogP contribution in [0.4, 0.5) is 5.82 Å². The molecule has 0 aliphatic carbocycles. The Hall–Kier alpha value is -1.71. The van der Waals surface area contributed by atoms with Crippen LogP contribution in [0.5, 0.6) is 0 Å². The molecule has 0 amide bonds. The molecule has 74 valence electrons. The number of aryl methyl sites for hydroxylation is 2. The second kappa shape index (κ2) is 3.21. The van der Waals surface area contributed by atoms with Crippen LogP contribution in [0, 0.1) is 0 Å². The molecule has 0 bridgehead atoms. The smallest absolute Gasteiger partial charge is 0.154 e. The van der Waals surface area contributed by atoms with Crippen molar-refractivity contribution in [3.8, 4) is 11.5 Å². The van der Waals surface area contributed by atoms with Crippen molar-refractivity contribution in [2.24, 2.45) is 7.05 Å². The Morgan fingerprint density at radius 1 is 1.50 bits per heavy atom. The minimum Gasteiger partial charge on any atom is -0.459 e. The average Bonchev–Trinajstić information content (AvgIpc) is 2.74. The van der Waals surface area contributed by atoms with Crippen LogP contribution in [0.2, 0.25) is 0 Å². The van der Waals surface area contributed by atoms with Crippen molar-refractivity contribution in [1.82, 2.24) is 9.78 Å². The van der Waals surface area contributed by atoms with Crippen molar-refractivity contribution < 1.29 is 4.42 Å². The monoisotopic (exact) mass is 191 g/mol. The zero-order chi connectivity index (χ0) is 10.1. The highest BCUT2D eigenvalue weighted by molar-refractivity contribution is 5.56. The van der Waals surface area contributed by atoms with Gasteiger partial charge in [0.05, 0.1) is 0 Å². The first kappa shape index (κ1) is 8.87. The first-order chi connectivity index (χ1) is 6.70. The molecule has 2 aromatic heterocycles. The summed E-state index contributed by atoms with van der Waals surface area (Å²) in [4.78, 5) is 0. The summed E-state index contributed by atoms with van der Waals surface area (Å²) in [7, 11) is 1.81. The number of furan rings is 1. The van der Waals surface area contributed by atoms with Crippen LogP contribution in [0.3, 0.4) is 0 Å². The highest BCUT2D eigenvalue weighted by Crippen LogP contribution is 2.22. The number of aromatic nitrogens is 2. The van der Waals surface area contributed by atoms with E-state index in [-0.39, 0.29) is 0 Å². The van der Waals surface area contributed by atoms with Gasteiger partial charge in [0, 0.05) is 19.5 Å². The molecule has 0 saturated heterocycles. The SMILES string of the molecule is CCc1ccc(-c2cc(N)n(C)n2)o1. The van der Waals surface area contributed by atoms with Gasteiger partial charge >= 0.3 is 0 Å². The molecule has 2 heterocycles. The standard InChI is InChI=1S/C10H13N3O/c1-3-7-4-5-9(14-7)8-6-10(11)13(2)12-8/h4-6H,3,11H2,1-2H3. The second-order valence-electron chi connectivity index (χ2n) is 3.20. The number of nitrogen functional groups attached to an aromatic ring is 1. The van der Waals surface area contributed by atoms with Gasteiger partial charge in [0.1, 0.15) is 17.3 Å². The van der Waals surface area contributed by atoms with Crippen molar-refractivity contribution in [3.63, 3.8) is 0 Å². The van der Waals surface area contributed by atoms with Crippen LogP contribution in [-0.4, -0.2) is 9.78 Å². The summed E-state index contributed by atoms with van der Waals surface area (Å²) in [5.41, 5.74) is 6.46. The van der Waals surface area contributed by atoms with Gasteiger partial charge in [0.15, 0.2) is 5.76 Å². The van der Waals surface area contributed by atoms with Crippen LogP contribution >= 0.6 is 0 Å². The second-order valence-corrected chi connectivity index (χ2v) is 3.20. The number of nitrogens with zero attached hydrogens (tertiary/aromatic N) is 2. The quantitative estimate of drug-likeness (QED) is 0.787. The molecule has 0 aromatic carbocycles. The number of rotatable bonds is 2. The van der Waals surface area contributed by atoms with Crippen LogP contribution in [0.15, 0.2) is 22.6 Å². The summed E-state index contributed by atoms with van der Waals surface area (Å²) < 4.78 is 7.18. The topological polar surface area (TPSA) is 57.0 Å². The third kappa shape index (κ3) is 1.39. The molecule has 0 radical (unpaired) electrons. The lowest BCUT2D eigenvalue weighted by Gasteiger charge is -1.90. The molecule has 0 aliphatic heterocycles. The van der Waals surface area contributed by atoms with Gasteiger partial charge < -0.3 is 10.2 Å². The highest BCUT2D eigenvalue weighted by Gasteiger charge is 2.08. The Bertz CT molecular complexity index is 422. The van der Waals surface area contributed by atoms with Gasteiger partial charge in [-0.2, -0.15) is 5.10 Å². The lowest BCUT2D eigenvalue weighted by molar-refractivity contribution is 0.526. The van der Waals surface area contributed by atoms with Crippen molar-refractivity contribution in [2.75, 3.05) is 5.73 Å².